The average molecular weight is 383 g/mol. The van der Waals surface area contributed by atoms with Crippen molar-refractivity contribution < 1.29 is 24.2 Å². The van der Waals surface area contributed by atoms with E-state index < -0.39 is 24.1 Å². The highest BCUT2D eigenvalue weighted by atomic mass is 16.6. The quantitative estimate of drug-likeness (QED) is 0.264. The number of cyclic esters (lactones) is 1. The van der Waals surface area contributed by atoms with E-state index in [2.05, 4.69) is 6.92 Å². The van der Waals surface area contributed by atoms with E-state index in [1.54, 1.807) is 0 Å². The number of aliphatic hydroxyl groups excluding tert-OH is 1. The zero-order chi connectivity index (χ0) is 19.9. The molecule has 156 valence electrons. The molecule has 1 rings (SSSR count). The Kier molecular flexibility index (Phi) is 12.9. The number of unbranched alkanes of at least 4 members (excludes halogenated alkanes) is 11. The minimum Gasteiger partial charge on any atom is -0.458 e. The molecule has 1 saturated heterocycles. The van der Waals surface area contributed by atoms with Crippen LogP contribution in [0, 0.1) is 0 Å². The summed E-state index contributed by atoms with van der Waals surface area (Å²) in [6.07, 6.45) is 15.9. The normalized spacial score (nSPS) is 21.3. The van der Waals surface area contributed by atoms with E-state index in [1.165, 1.54) is 71.1 Å². The van der Waals surface area contributed by atoms with Crippen molar-refractivity contribution in [3.05, 3.63) is 11.6 Å². The van der Waals surface area contributed by atoms with Gasteiger partial charge in [-0.25, -0.2) is 4.79 Å². The van der Waals surface area contributed by atoms with Crippen LogP contribution in [-0.2, 0) is 19.1 Å². The number of rotatable bonds is 14. The largest absolute Gasteiger partial charge is 0.458 e. The van der Waals surface area contributed by atoms with Gasteiger partial charge in [-0.15, -0.1) is 0 Å². The summed E-state index contributed by atoms with van der Waals surface area (Å²) in [6, 6.07) is 0. The Labute approximate surface area is 164 Å². The summed E-state index contributed by atoms with van der Waals surface area (Å²) in [5, 5.41) is 9.28. The molecule has 1 N–H and O–H groups in total. The van der Waals surface area contributed by atoms with Crippen LogP contribution in [0.15, 0.2) is 11.6 Å². The molecule has 0 bridgehead atoms. The molecule has 0 aromatic carbocycles. The number of carbonyl (C=O) groups excluding carboxylic acids is 2. The highest BCUT2D eigenvalue weighted by molar-refractivity contribution is 5.89. The van der Waals surface area contributed by atoms with Gasteiger partial charge in [0.1, 0.15) is 6.10 Å². The van der Waals surface area contributed by atoms with Crippen molar-refractivity contribution in [3.63, 3.8) is 0 Å². The summed E-state index contributed by atoms with van der Waals surface area (Å²) in [5.41, 5.74) is 0.554. The van der Waals surface area contributed by atoms with Gasteiger partial charge in [-0.3, -0.25) is 4.79 Å². The fourth-order valence-corrected chi connectivity index (χ4v) is 3.46. The van der Waals surface area contributed by atoms with E-state index in [9.17, 15) is 14.7 Å². The highest BCUT2D eigenvalue weighted by Crippen LogP contribution is 2.24. The van der Waals surface area contributed by atoms with Crippen molar-refractivity contribution in [2.75, 3.05) is 6.61 Å². The summed E-state index contributed by atoms with van der Waals surface area (Å²) >= 11 is 0. The molecule has 0 spiro atoms. The van der Waals surface area contributed by atoms with Gasteiger partial charge in [0.05, 0.1) is 6.61 Å². The van der Waals surface area contributed by atoms with Crippen LogP contribution in [0.5, 0.6) is 0 Å². The first-order chi connectivity index (χ1) is 13.1. The molecule has 0 aromatic heterocycles. The van der Waals surface area contributed by atoms with Crippen molar-refractivity contribution in [2.45, 2.75) is 110 Å². The maximum atomic E-state index is 12.0. The number of aliphatic hydroxyl groups is 1. The Bertz CT molecular complexity index is 458. The third-order valence-corrected chi connectivity index (χ3v) is 5.05. The van der Waals surface area contributed by atoms with Crippen molar-refractivity contribution in [3.8, 4) is 0 Å². The summed E-state index contributed by atoms with van der Waals surface area (Å²) in [4.78, 5) is 23.2. The van der Waals surface area contributed by atoms with Gasteiger partial charge >= 0.3 is 11.9 Å². The van der Waals surface area contributed by atoms with Crippen LogP contribution < -0.4 is 0 Å². The van der Waals surface area contributed by atoms with Crippen LogP contribution in [0.2, 0.25) is 0 Å². The minimum absolute atomic E-state index is 0.321. The first kappa shape index (κ1) is 23.7. The predicted octanol–water partition coefficient (Wildman–Crippen LogP) is 4.85. The van der Waals surface area contributed by atoms with E-state index >= 15 is 0 Å². The molecule has 5 heteroatoms. The SMILES string of the molecule is CCCCCCCCCCCCC/C=C1\C[C@@H](OC(C)=O)[C@H](CO)OC1=O. The van der Waals surface area contributed by atoms with Crippen LogP contribution in [0.4, 0.5) is 0 Å². The van der Waals surface area contributed by atoms with Crippen molar-refractivity contribution in [2.24, 2.45) is 0 Å². The van der Waals surface area contributed by atoms with Gasteiger partial charge in [-0.1, -0.05) is 77.2 Å². The number of esters is 2. The summed E-state index contributed by atoms with van der Waals surface area (Å²) < 4.78 is 10.4. The van der Waals surface area contributed by atoms with Gasteiger partial charge in [-0.2, -0.15) is 0 Å². The van der Waals surface area contributed by atoms with E-state index in [-0.39, 0.29) is 6.61 Å². The first-order valence-electron chi connectivity index (χ1n) is 10.8. The zero-order valence-electron chi connectivity index (χ0n) is 17.2. The summed E-state index contributed by atoms with van der Waals surface area (Å²) in [6.45, 7) is 3.23. The van der Waals surface area contributed by atoms with Crippen molar-refractivity contribution >= 4 is 11.9 Å². The molecule has 0 amide bonds. The molecular weight excluding hydrogens is 344 g/mol. The Hall–Kier alpha value is -1.36. The van der Waals surface area contributed by atoms with Crippen LogP contribution in [0.1, 0.15) is 97.3 Å². The highest BCUT2D eigenvalue weighted by Gasteiger charge is 2.35. The third-order valence-electron chi connectivity index (χ3n) is 5.05. The lowest BCUT2D eigenvalue weighted by atomic mass is 9.98. The lowest BCUT2D eigenvalue weighted by Crippen LogP contribution is -2.42. The monoisotopic (exact) mass is 382 g/mol. The van der Waals surface area contributed by atoms with Gasteiger partial charge in [0.2, 0.25) is 0 Å². The van der Waals surface area contributed by atoms with E-state index in [0.29, 0.717) is 12.0 Å². The number of hydrogen-bond acceptors (Lipinski definition) is 5. The number of carbonyl (C=O) groups is 2. The standard InChI is InChI=1S/C22H38O5/c1-3-4-5-6-7-8-9-10-11-12-13-14-15-19-16-20(26-18(2)24)21(17-23)27-22(19)25/h15,20-21,23H,3-14,16-17H2,1-2H3/b19-15+/t20-,21+/m1/s1. The molecule has 2 atom stereocenters. The molecule has 1 aliphatic heterocycles. The molecule has 0 saturated carbocycles. The maximum Gasteiger partial charge on any atom is 0.334 e. The zero-order valence-corrected chi connectivity index (χ0v) is 17.2. The molecule has 0 unspecified atom stereocenters. The lowest BCUT2D eigenvalue weighted by Gasteiger charge is -2.30. The van der Waals surface area contributed by atoms with E-state index in [4.69, 9.17) is 9.47 Å². The van der Waals surface area contributed by atoms with E-state index in [1.807, 2.05) is 6.08 Å². The Balaban J connectivity index is 2.15. The van der Waals surface area contributed by atoms with Crippen molar-refractivity contribution in [1.82, 2.24) is 0 Å². The van der Waals surface area contributed by atoms with Gasteiger partial charge in [0.15, 0.2) is 6.10 Å². The smallest absolute Gasteiger partial charge is 0.334 e. The second-order valence-corrected chi connectivity index (χ2v) is 7.53. The average Bonchev–Trinajstić information content (AvgIpc) is 2.64. The number of hydrogen-bond donors (Lipinski definition) is 1. The van der Waals surface area contributed by atoms with Crippen LogP contribution in [0.3, 0.4) is 0 Å². The molecule has 1 heterocycles. The first-order valence-corrected chi connectivity index (χ1v) is 10.8. The molecular formula is C22H38O5. The summed E-state index contributed by atoms with van der Waals surface area (Å²) in [5.74, 6) is -0.832. The molecule has 5 nitrogen and oxygen atoms in total. The van der Waals surface area contributed by atoms with Crippen LogP contribution >= 0.6 is 0 Å². The third kappa shape index (κ3) is 10.5. The second-order valence-electron chi connectivity index (χ2n) is 7.53. The fourth-order valence-electron chi connectivity index (χ4n) is 3.46. The van der Waals surface area contributed by atoms with Gasteiger partial charge in [0.25, 0.3) is 0 Å². The fraction of sp³-hybridized carbons (Fsp3) is 0.818. The van der Waals surface area contributed by atoms with Gasteiger partial charge in [0, 0.05) is 18.9 Å². The Morgan fingerprint density at radius 3 is 2.15 bits per heavy atom. The maximum absolute atomic E-state index is 12.0. The minimum atomic E-state index is -0.763. The topological polar surface area (TPSA) is 72.8 Å². The van der Waals surface area contributed by atoms with Crippen molar-refractivity contribution in [1.29, 1.82) is 0 Å². The molecule has 1 fully saturated rings. The molecule has 1 aliphatic rings. The lowest BCUT2D eigenvalue weighted by molar-refractivity contribution is -0.173. The Morgan fingerprint density at radius 1 is 1.07 bits per heavy atom. The van der Waals surface area contributed by atoms with Crippen LogP contribution in [0.25, 0.3) is 0 Å². The van der Waals surface area contributed by atoms with E-state index in [0.717, 1.165) is 12.8 Å². The summed E-state index contributed by atoms with van der Waals surface area (Å²) in [7, 11) is 0. The predicted molar refractivity (Wildman–Crippen MR) is 106 cm³/mol. The number of allylic oxidation sites excluding steroid dienone is 1. The molecule has 0 aromatic rings. The molecule has 27 heavy (non-hydrogen) atoms. The van der Waals surface area contributed by atoms with Gasteiger partial charge < -0.3 is 14.6 Å². The van der Waals surface area contributed by atoms with Crippen LogP contribution in [-0.4, -0.2) is 35.9 Å². The molecule has 0 radical (unpaired) electrons. The Morgan fingerprint density at radius 2 is 1.63 bits per heavy atom. The second kappa shape index (κ2) is 14.7. The molecule has 0 aliphatic carbocycles. The number of ether oxygens (including phenoxy) is 2. The van der Waals surface area contributed by atoms with Gasteiger partial charge in [-0.05, 0) is 12.8 Å².